The van der Waals surface area contributed by atoms with Crippen LogP contribution < -0.4 is 5.73 Å². The van der Waals surface area contributed by atoms with Crippen molar-refractivity contribution in [2.45, 2.75) is 94.9 Å². The number of carbonyl (C=O) groups is 3. The average Bonchev–Trinajstić information content (AvgIpc) is 3.01. The second kappa shape index (κ2) is 12.7. The number of ether oxygens (including phenoxy) is 4. The molecule has 0 bridgehead atoms. The van der Waals surface area contributed by atoms with E-state index in [0.29, 0.717) is 6.42 Å². The first-order valence-electron chi connectivity index (χ1n) is 10.8. The molecule has 174 valence electrons. The normalized spacial score (nSPS) is 25.7. The Labute approximate surface area is 178 Å². The van der Waals surface area contributed by atoms with Gasteiger partial charge in [-0.05, 0) is 12.8 Å². The van der Waals surface area contributed by atoms with Gasteiger partial charge in [0.1, 0.15) is 0 Å². The van der Waals surface area contributed by atoms with E-state index in [2.05, 4.69) is 11.7 Å². The number of esters is 2. The Morgan fingerprint density at radius 2 is 1.43 bits per heavy atom. The first kappa shape index (κ1) is 26.2. The summed E-state index contributed by atoms with van der Waals surface area (Å²) >= 11 is 0. The van der Waals surface area contributed by atoms with Crippen LogP contribution in [-0.4, -0.2) is 61.3 Å². The van der Waals surface area contributed by atoms with Crippen LogP contribution in [0.1, 0.15) is 77.6 Å². The standard InChI is InChI=1S/C21H37NO8/c1-4-5-6-7-8-9-10-11-12-13-14-20(17(23)27-2)21(26,18(24)28-3)16(15-29-20)30-19(22)25/h16,26H,4-15H2,1-3H3,(H2,22,25)/t16-,20+,21-/m1/s1. The van der Waals surface area contributed by atoms with E-state index in [0.717, 1.165) is 39.9 Å². The Morgan fingerprint density at radius 1 is 0.933 bits per heavy atom. The first-order chi connectivity index (χ1) is 14.3. The van der Waals surface area contributed by atoms with Crippen LogP contribution in [0.2, 0.25) is 0 Å². The van der Waals surface area contributed by atoms with E-state index in [9.17, 15) is 19.5 Å². The number of rotatable bonds is 14. The fourth-order valence-corrected chi connectivity index (χ4v) is 4.03. The van der Waals surface area contributed by atoms with Gasteiger partial charge in [-0.25, -0.2) is 14.4 Å². The van der Waals surface area contributed by atoms with E-state index in [-0.39, 0.29) is 13.0 Å². The molecule has 3 atom stereocenters. The fraction of sp³-hybridized carbons (Fsp3) is 0.857. The lowest BCUT2D eigenvalue weighted by atomic mass is 9.77. The highest BCUT2D eigenvalue weighted by molar-refractivity contribution is 5.94. The predicted octanol–water partition coefficient (Wildman–Crippen LogP) is 2.61. The summed E-state index contributed by atoms with van der Waals surface area (Å²) in [5, 5.41) is 11.2. The van der Waals surface area contributed by atoms with Gasteiger partial charge in [-0.3, -0.25) is 0 Å². The molecular weight excluding hydrogens is 394 g/mol. The molecular formula is C21H37NO8. The lowest BCUT2D eigenvalue weighted by Crippen LogP contribution is -2.66. The zero-order valence-electron chi connectivity index (χ0n) is 18.4. The maximum Gasteiger partial charge on any atom is 0.404 e. The highest BCUT2D eigenvalue weighted by atomic mass is 16.6. The predicted molar refractivity (Wildman–Crippen MR) is 109 cm³/mol. The fourth-order valence-electron chi connectivity index (χ4n) is 4.03. The molecule has 1 rings (SSSR count). The molecule has 0 radical (unpaired) electrons. The van der Waals surface area contributed by atoms with Gasteiger partial charge in [0, 0.05) is 0 Å². The van der Waals surface area contributed by atoms with E-state index in [1.54, 1.807) is 0 Å². The third kappa shape index (κ3) is 6.07. The number of unbranched alkanes of at least 4 members (excludes halogenated alkanes) is 9. The zero-order chi connectivity index (χ0) is 22.6. The summed E-state index contributed by atoms with van der Waals surface area (Å²) in [5.74, 6) is -2.08. The molecule has 1 aliphatic rings. The van der Waals surface area contributed by atoms with E-state index >= 15 is 0 Å². The third-order valence-electron chi connectivity index (χ3n) is 5.72. The summed E-state index contributed by atoms with van der Waals surface area (Å²) in [5.41, 5.74) is 0.457. The molecule has 3 N–H and O–H groups in total. The summed E-state index contributed by atoms with van der Waals surface area (Å²) in [7, 11) is 2.19. The van der Waals surface area contributed by atoms with Gasteiger partial charge in [-0.1, -0.05) is 64.7 Å². The Bertz CT molecular complexity index is 569. The van der Waals surface area contributed by atoms with Crippen molar-refractivity contribution in [3.63, 3.8) is 0 Å². The minimum absolute atomic E-state index is 0.0143. The van der Waals surface area contributed by atoms with Gasteiger partial charge in [0.15, 0.2) is 6.10 Å². The van der Waals surface area contributed by atoms with E-state index < -0.39 is 35.3 Å². The summed E-state index contributed by atoms with van der Waals surface area (Å²) in [4.78, 5) is 36.3. The number of amides is 1. The highest BCUT2D eigenvalue weighted by Gasteiger charge is 2.72. The number of aliphatic hydroxyl groups is 1. The monoisotopic (exact) mass is 431 g/mol. The summed E-state index contributed by atoms with van der Waals surface area (Å²) in [6.45, 7) is 1.81. The second-order valence-electron chi connectivity index (χ2n) is 7.75. The summed E-state index contributed by atoms with van der Waals surface area (Å²) in [6, 6.07) is 0. The first-order valence-corrected chi connectivity index (χ1v) is 10.8. The lowest BCUT2D eigenvalue weighted by molar-refractivity contribution is -0.207. The number of carbonyl (C=O) groups excluding carboxylic acids is 3. The molecule has 1 fully saturated rings. The van der Waals surface area contributed by atoms with Crippen LogP contribution >= 0.6 is 0 Å². The van der Waals surface area contributed by atoms with Gasteiger partial charge in [-0.2, -0.15) is 0 Å². The molecule has 0 unspecified atom stereocenters. The minimum atomic E-state index is -2.55. The van der Waals surface area contributed by atoms with Crippen molar-refractivity contribution in [3.8, 4) is 0 Å². The molecule has 1 aliphatic heterocycles. The molecule has 30 heavy (non-hydrogen) atoms. The van der Waals surface area contributed by atoms with Crippen molar-refractivity contribution in [1.82, 2.24) is 0 Å². The van der Waals surface area contributed by atoms with Gasteiger partial charge < -0.3 is 29.8 Å². The maximum atomic E-state index is 12.6. The molecule has 0 aromatic rings. The van der Waals surface area contributed by atoms with Crippen LogP contribution in [0.5, 0.6) is 0 Å². The molecule has 0 aliphatic carbocycles. The zero-order valence-corrected chi connectivity index (χ0v) is 18.4. The smallest absolute Gasteiger partial charge is 0.404 e. The van der Waals surface area contributed by atoms with Crippen molar-refractivity contribution in [2.75, 3.05) is 20.8 Å². The highest BCUT2D eigenvalue weighted by Crippen LogP contribution is 2.43. The largest absolute Gasteiger partial charge is 0.467 e. The molecule has 1 saturated heterocycles. The Kier molecular flexibility index (Phi) is 11.1. The van der Waals surface area contributed by atoms with Crippen molar-refractivity contribution in [3.05, 3.63) is 0 Å². The van der Waals surface area contributed by atoms with Crippen LogP contribution in [-0.2, 0) is 28.5 Å². The number of primary amides is 1. The van der Waals surface area contributed by atoms with Gasteiger partial charge in [-0.15, -0.1) is 0 Å². The molecule has 0 aromatic carbocycles. The van der Waals surface area contributed by atoms with E-state index in [4.69, 9.17) is 19.9 Å². The number of hydrogen-bond donors (Lipinski definition) is 2. The van der Waals surface area contributed by atoms with Crippen LogP contribution in [0, 0.1) is 0 Å². The van der Waals surface area contributed by atoms with Gasteiger partial charge in [0.25, 0.3) is 0 Å². The van der Waals surface area contributed by atoms with Crippen LogP contribution in [0.25, 0.3) is 0 Å². The molecule has 0 aromatic heterocycles. The maximum absolute atomic E-state index is 12.6. The molecule has 0 saturated carbocycles. The molecule has 9 nitrogen and oxygen atoms in total. The van der Waals surface area contributed by atoms with Gasteiger partial charge >= 0.3 is 18.0 Å². The van der Waals surface area contributed by atoms with Crippen LogP contribution in [0.15, 0.2) is 0 Å². The summed E-state index contributed by atoms with van der Waals surface area (Å²) in [6.07, 6.45) is 8.06. The van der Waals surface area contributed by atoms with Crippen molar-refractivity contribution < 1.29 is 38.4 Å². The Morgan fingerprint density at radius 3 is 1.90 bits per heavy atom. The minimum Gasteiger partial charge on any atom is -0.467 e. The number of hydrogen-bond acceptors (Lipinski definition) is 8. The molecule has 1 amide bonds. The summed E-state index contributed by atoms with van der Waals surface area (Å²) < 4.78 is 19.9. The van der Waals surface area contributed by atoms with Gasteiger partial charge in [0.05, 0.1) is 20.8 Å². The average molecular weight is 432 g/mol. The molecule has 1 heterocycles. The van der Waals surface area contributed by atoms with E-state index in [1.165, 1.54) is 32.1 Å². The van der Waals surface area contributed by atoms with E-state index in [1.807, 2.05) is 0 Å². The molecule has 9 heteroatoms. The quantitative estimate of drug-likeness (QED) is 0.243. The van der Waals surface area contributed by atoms with Crippen molar-refractivity contribution >= 4 is 18.0 Å². The van der Waals surface area contributed by atoms with Crippen molar-refractivity contribution in [1.29, 1.82) is 0 Å². The number of methoxy groups -OCH3 is 2. The Hall–Kier alpha value is -1.87. The van der Waals surface area contributed by atoms with Gasteiger partial charge in [0.2, 0.25) is 11.2 Å². The van der Waals surface area contributed by atoms with Crippen LogP contribution in [0.3, 0.4) is 0 Å². The second-order valence-corrected chi connectivity index (χ2v) is 7.75. The number of nitrogens with two attached hydrogens (primary N) is 1. The SMILES string of the molecule is CCCCCCCCCCCC[C@@]1(C(=O)OC)OC[C@@H](OC(N)=O)[C@@]1(O)C(=O)OC. The van der Waals surface area contributed by atoms with Crippen molar-refractivity contribution in [2.24, 2.45) is 5.73 Å². The molecule has 0 spiro atoms. The third-order valence-corrected chi connectivity index (χ3v) is 5.72. The lowest BCUT2D eigenvalue weighted by Gasteiger charge is -2.37. The topological polar surface area (TPSA) is 134 Å². The Balaban J connectivity index is 2.73. The van der Waals surface area contributed by atoms with Crippen LogP contribution in [0.4, 0.5) is 4.79 Å².